The highest BCUT2D eigenvalue weighted by Crippen LogP contribution is 2.30. The molecule has 7 nitrogen and oxygen atoms in total. The lowest BCUT2D eigenvalue weighted by Crippen LogP contribution is -2.41. The fourth-order valence-corrected chi connectivity index (χ4v) is 4.23. The van der Waals surface area contributed by atoms with E-state index in [9.17, 15) is 14.4 Å². The summed E-state index contributed by atoms with van der Waals surface area (Å²) >= 11 is 5.93. The Morgan fingerprint density at radius 1 is 1.23 bits per heavy atom. The topological polar surface area (TPSA) is 80.6 Å². The van der Waals surface area contributed by atoms with Crippen LogP contribution in [0.15, 0.2) is 30.3 Å². The lowest BCUT2D eigenvalue weighted by Gasteiger charge is -2.22. The molecule has 1 aromatic heterocycles. The number of benzene rings is 1. The largest absolute Gasteiger partial charge is 0.383 e. The molecular formula is C22H26ClN3O4. The number of rotatable bonds is 7. The highest BCUT2D eigenvalue weighted by molar-refractivity contribution is 6.30. The van der Waals surface area contributed by atoms with Crippen molar-refractivity contribution in [2.45, 2.75) is 39.3 Å². The van der Waals surface area contributed by atoms with E-state index in [2.05, 4.69) is 5.32 Å². The van der Waals surface area contributed by atoms with Crippen molar-refractivity contribution in [3.05, 3.63) is 57.9 Å². The molecule has 0 bridgehead atoms. The van der Waals surface area contributed by atoms with E-state index in [0.29, 0.717) is 22.8 Å². The molecule has 8 heteroatoms. The Morgan fingerprint density at radius 2 is 1.87 bits per heavy atom. The number of ketones is 1. The molecule has 0 spiro atoms. The van der Waals surface area contributed by atoms with Gasteiger partial charge in [0.1, 0.15) is 5.54 Å². The van der Waals surface area contributed by atoms with E-state index in [1.165, 1.54) is 0 Å². The molecule has 2 unspecified atom stereocenters. The van der Waals surface area contributed by atoms with Gasteiger partial charge in [0, 0.05) is 29.1 Å². The standard InChI is InChI=1S/C22H26ClN3O4/c1-13-10-18(15(3)26(13)14(2)12-30-5)19(27)11-25-20(28)22(4,24-21(25)29)16-6-8-17(23)9-7-16/h6-10,14H,11-12H2,1-5H3,(H,24,29). The summed E-state index contributed by atoms with van der Waals surface area (Å²) in [6, 6.07) is 7.96. The van der Waals surface area contributed by atoms with E-state index in [-0.39, 0.29) is 18.4 Å². The van der Waals surface area contributed by atoms with Crippen LogP contribution >= 0.6 is 11.6 Å². The SMILES string of the molecule is COCC(C)n1c(C)cc(C(=O)CN2C(=O)NC(C)(c3ccc(Cl)cc3)C2=O)c1C. The maximum absolute atomic E-state index is 13.1. The zero-order valence-corrected chi connectivity index (χ0v) is 18.5. The first-order chi connectivity index (χ1) is 14.1. The molecule has 1 aliphatic heterocycles. The first kappa shape index (κ1) is 22.1. The number of urea groups is 1. The number of Topliss-reactive ketones (excluding diaryl/α,β-unsaturated/α-hetero) is 1. The quantitative estimate of drug-likeness (QED) is 0.536. The minimum absolute atomic E-state index is 0.0569. The van der Waals surface area contributed by atoms with Crippen LogP contribution in [0.1, 0.15) is 47.2 Å². The average molecular weight is 432 g/mol. The molecule has 1 aromatic carbocycles. The van der Waals surface area contributed by atoms with Gasteiger partial charge in [-0.1, -0.05) is 23.7 Å². The van der Waals surface area contributed by atoms with E-state index in [1.54, 1.807) is 44.4 Å². The molecule has 2 atom stereocenters. The Balaban J connectivity index is 1.84. The number of aryl methyl sites for hydroxylation is 1. The van der Waals surface area contributed by atoms with Crippen molar-refractivity contribution in [1.29, 1.82) is 0 Å². The van der Waals surface area contributed by atoms with Crippen LogP contribution < -0.4 is 5.32 Å². The van der Waals surface area contributed by atoms with Crippen LogP contribution in [0.3, 0.4) is 0 Å². The number of imide groups is 1. The molecule has 1 fully saturated rings. The number of ether oxygens (including phenoxy) is 1. The van der Waals surface area contributed by atoms with E-state index in [0.717, 1.165) is 16.3 Å². The predicted molar refractivity (Wildman–Crippen MR) is 114 cm³/mol. The minimum Gasteiger partial charge on any atom is -0.383 e. The molecule has 2 heterocycles. The Kier molecular flexibility index (Phi) is 6.06. The number of halogens is 1. The van der Waals surface area contributed by atoms with Crippen molar-refractivity contribution in [3.8, 4) is 0 Å². The smallest absolute Gasteiger partial charge is 0.325 e. The number of hydrogen-bond acceptors (Lipinski definition) is 4. The third-order valence-electron chi connectivity index (χ3n) is 5.63. The fourth-order valence-electron chi connectivity index (χ4n) is 4.10. The van der Waals surface area contributed by atoms with Crippen LogP contribution in [0.2, 0.25) is 5.02 Å². The summed E-state index contributed by atoms with van der Waals surface area (Å²) in [6.07, 6.45) is 0. The highest BCUT2D eigenvalue weighted by atomic mass is 35.5. The molecule has 0 radical (unpaired) electrons. The summed E-state index contributed by atoms with van der Waals surface area (Å²) in [4.78, 5) is 39.6. The molecule has 2 aromatic rings. The van der Waals surface area contributed by atoms with Crippen LogP contribution in [0, 0.1) is 13.8 Å². The highest BCUT2D eigenvalue weighted by Gasteiger charge is 2.49. The number of nitrogens with one attached hydrogen (secondary N) is 1. The van der Waals surface area contributed by atoms with Crippen molar-refractivity contribution in [2.24, 2.45) is 0 Å². The van der Waals surface area contributed by atoms with Gasteiger partial charge in [0.25, 0.3) is 5.91 Å². The van der Waals surface area contributed by atoms with Crippen LogP contribution in [0.5, 0.6) is 0 Å². The summed E-state index contributed by atoms with van der Waals surface area (Å²) < 4.78 is 7.25. The number of amides is 3. The summed E-state index contributed by atoms with van der Waals surface area (Å²) in [7, 11) is 1.63. The van der Waals surface area contributed by atoms with Gasteiger partial charge in [-0.25, -0.2) is 4.79 Å². The van der Waals surface area contributed by atoms with Gasteiger partial charge >= 0.3 is 6.03 Å². The second kappa shape index (κ2) is 8.24. The third kappa shape index (κ3) is 3.75. The molecule has 3 rings (SSSR count). The molecule has 1 aliphatic rings. The van der Waals surface area contributed by atoms with E-state index in [1.807, 2.05) is 25.3 Å². The van der Waals surface area contributed by atoms with Gasteiger partial charge in [-0.2, -0.15) is 0 Å². The van der Waals surface area contributed by atoms with Crippen molar-refractivity contribution in [3.63, 3.8) is 0 Å². The number of aromatic nitrogens is 1. The first-order valence-corrected chi connectivity index (χ1v) is 10.1. The average Bonchev–Trinajstić information content (AvgIpc) is 3.10. The Hall–Kier alpha value is -2.64. The number of hydrogen-bond donors (Lipinski definition) is 1. The number of methoxy groups -OCH3 is 1. The Morgan fingerprint density at radius 3 is 2.47 bits per heavy atom. The van der Waals surface area contributed by atoms with E-state index >= 15 is 0 Å². The monoisotopic (exact) mass is 431 g/mol. The predicted octanol–water partition coefficient (Wildman–Crippen LogP) is 3.62. The second-order valence-corrected chi connectivity index (χ2v) is 8.27. The zero-order chi connectivity index (χ0) is 22.2. The lowest BCUT2D eigenvalue weighted by atomic mass is 9.92. The molecular weight excluding hydrogens is 406 g/mol. The first-order valence-electron chi connectivity index (χ1n) is 9.71. The van der Waals surface area contributed by atoms with E-state index < -0.39 is 17.5 Å². The van der Waals surface area contributed by atoms with Gasteiger partial charge in [0.05, 0.1) is 19.2 Å². The van der Waals surface area contributed by atoms with E-state index in [4.69, 9.17) is 16.3 Å². The molecule has 1 saturated heterocycles. The number of nitrogens with zero attached hydrogens (tertiary/aromatic N) is 2. The molecule has 160 valence electrons. The fraction of sp³-hybridized carbons (Fsp3) is 0.409. The molecule has 3 amide bonds. The lowest BCUT2D eigenvalue weighted by molar-refractivity contribution is -0.130. The third-order valence-corrected chi connectivity index (χ3v) is 5.88. The molecule has 30 heavy (non-hydrogen) atoms. The summed E-state index contributed by atoms with van der Waals surface area (Å²) in [5.41, 5.74) is 1.56. The maximum atomic E-state index is 13.1. The van der Waals surface area contributed by atoms with Crippen molar-refractivity contribution < 1.29 is 19.1 Å². The van der Waals surface area contributed by atoms with Crippen LogP contribution in [-0.4, -0.2) is 47.4 Å². The van der Waals surface area contributed by atoms with Gasteiger partial charge in [-0.3, -0.25) is 14.5 Å². The molecule has 1 N–H and O–H groups in total. The van der Waals surface area contributed by atoms with Crippen molar-refractivity contribution in [1.82, 2.24) is 14.8 Å². The molecule has 0 saturated carbocycles. The van der Waals surface area contributed by atoms with Gasteiger partial charge in [0.2, 0.25) is 0 Å². The van der Waals surface area contributed by atoms with Crippen LogP contribution in [-0.2, 0) is 15.1 Å². The Bertz CT molecular complexity index is 999. The van der Waals surface area contributed by atoms with Gasteiger partial charge in [-0.15, -0.1) is 0 Å². The normalized spacial score (nSPS) is 19.9. The van der Waals surface area contributed by atoms with Crippen LogP contribution in [0.25, 0.3) is 0 Å². The second-order valence-electron chi connectivity index (χ2n) is 7.84. The maximum Gasteiger partial charge on any atom is 0.325 e. The van der Waals surface area contributed by atoms with Crippen molar-refractivity contribution in [2.75, 3.05) is 20.3 Å². The van der Waals surface area contributed by atoms with Gasteiger partial charge < -0.3 is 14.6 Å². The van der Waals surface area contributed by atoms with Crippen molar-refractivity contribution >= 4 is 29.3 Å². The summed E-state index contributed by atoms with van der Waals surface area (Å²) in [5.74, 6) is -0.757. The zero-order valence-electron chi connectivity index (χ0n) is 17.8. The van der Waals surface area contributed by atoms with Gasteiger partial charge in [-0.05, 0) is 51.5 Å². The molecule has 0 aliphatic carbocycles. The number of carbonyl (C=O) groups is 3. The minimum atomic E-state index is -1.24. The Labute approximate surface area is 180 Å². The number of carbonyl (C=O) groups excluding carboxylic acids is 3. The van der Waals surface area contributed by atoms with Gasteiger partial charge in [0.15, 0.2) is 5.78 Å². The van der Waals surface area contributed by atoms with Crippen LogP contribution in [0.4, 0.5) is 4.79 Å². The summed E-state index contributed by atoms with van der Waals surface area (Å²) in [6.45, 7) is 7.59. The summed E-state index contributed by atoms with van der Waals surface area (Å²) in [5, 5.41) is 3.24.